The standard InChI is InChI=1S/C23H24F3N3O4/c1-22(2,31-3)8-6-14-4-5-18-15(10-14)11-16(13-32-18)27-21(30)17-12-20-29(28-17)9-7-19(33-20)23(24,25)26/h4-5,10,12,16,19H,7,9,11,13H2,1-3H3,(H,27,30)/t16-,19?/m1/s1. The van der Waals surface area contributed by atoms with Crippen molar-refractivity contribution in [3.8, 4) is 23.5 Å². The zero-order chi connectivity index (χ0) is 23.8. The van der Waals surface area contributed by atoms with Gasteiger partial charge in [-0.15, -0.1) is 0 Å². The summed E-state index contributed by atoms with van der Waals surface area (Å²) in [5.41, 5.74) is 1.12. The minimum absolute atomic E-state index is 0.0000332. The zero-order valence-electron chi connectivity index (χ0n) is 18.5. The van der Waals surface area contributed by atoms with Crippen LogP contribution in [0.15, 0.2) is 24.3 Å². The molecule has 1 aromatic carbocycles. The Morgan fingerprint density at radius 3 is 2.82 bits per heavy atom. The number of hydrogen-bond acceptors (Lipinski definition) is 5. The molecular weight excluding hydrogens is 439 g/mol. The van der Waals surface area contributed by atoms with Crippen molar-refractivity contribution in [2.24, 2.45) is 0 Å². The predicted octanol–water partition coefficient (Wildman–Crippen LogP) is 3.11. The van der Waals surface area contributed by atoms with Gasteiger partial charge in [-0.25, -0.2) is 4.68 Å². The van der Waals surface area contributed by atoms with Crippen LogP contribution < -0.4 is 14.8 Å². The van der Waals surface area contributed by atoms with Crippen LogP contribution in [0.4, 0.5) is 13.2 Å². The van der Waals surface area contributed by atoms with Gasteiger partial charge in [-0.1, -0.05) is 11.8 Å². The molecule has 176 valence electrons. The van der Waals surface area contributed by atoms with Gasteiger partial charge in [-0.05, 0) is 44.0 Å². The number of amides is 1. The second-order valence-electron chi connectivity index (χ2n) is 8.50. The number of ether oxygens (including phenoxy) is 3. The maximum absolute atomic E-state index is 12.9. The molecule has 2 aromatic rings. The van der Waals surface area contributed by atoms with E-state index in [0.717, 1.165) is 16.9 Å². The Labute approximate surface area is 189 Å². The molecule has 0 saturated carbocycles. The molecule has 33 heavy (non-hydrogen) atoms. The first-order valence-corrected chi connectivity index (χ1v) is 10.5. The fourth-order valence-corrected chi connectivity index (χ4v) is 3.54. The van der Waals surface area contributed by atoms with Gasteiger partial charge in [-0.2, -0.15) is 18.3 Å². The maximum atomic E-state index is 12.9. The van der Waals surface area contributed by atoms with Crippen molar-refractivity contribution < 1.29 is 32.2 Å². The third-order valence-corrected chi connectivity index (χ3v) is 5.53. The molecule has 0 spiro atoms. The van der Waals surface area contributed by atoms with Crippen LogP contribution in [0.3, 0.4) is 0 Å². The third-order valence-electron chi connectivity index (χ3n) is 5.53. The van der Waals surface area contributed by atoms with Crippen LogP contribution in [0.5, 0.6) is 11.6 Å². The molecule has 0 fully saturated rings. The van der Waals surface area contributed by atoms with Crippen molar-refractivity contribution in [3.05, 3.63) is 41.1 Å². The van der Waals surface area contributed by atoms with Crippen molar-refractivity contribution in [1.82, 2.24) is 15.1 Å². The van der Waals surface area contributed by atoms with Gasteiger partial charge in [0.15, 0.2) is 11.8 Å². The maximum Gasteiger partial charge on any atom is 0.425 e. The van der Waals surface area contributed by atoms with Gasteiger partial charge in [0.25, 0.3) is 5.91 Å². The lowest BCUT2D eigenvalue weighted by atomic mass is 9.99. The summed E-state index contributed by atoms with van der Waals surface area (Å²) in [7, 11) is 1.60. The third kappa shape index (κ3) is 5.25. The number of aryl methyl sites for hydroxylation is 1. The Morgan fingerprint density at radius 1 is 1.30 bits per heavy atom. The van der Waals surface area contributed by atoms with E-state index in [1.807, 2.05) is 32.0 Å². The molecule has 1 amide bonds. The molecule has 7 nitrogen and oxygen atoms in total. The summed E-state index contributed by atoms with van der Waals surface area (Å²) >= 11 is 0. The van der Waals surface area contributed by atoms with Crippen molar-refractivity contribution in [2.75, 3.05) is 13.7 Å². The highest BCUT2D eigenvalue weighted by molar-refractivity contribution is 5.92. The summed E-state index contributed by atoms with van der Waals surface area (Å²) in [6.07, 6.45) is -6.09. The smallest absolute Gasteiger partial charge is 0.425 e. The molecule has 4 rings (SSSR count). The van der Waals surface area contributed by atoms with Gasteiger partial charge in [0.1, 0.15) is 18.0 Å². The fourth-order valence-electron chi connectivity index (χ4n) is 3.54. The lowest BCUT2D eigenvalue weighted by molar-refractivity contribution is -0.203. The lowest BCUT2D eigenvalue weighted by Crippen LogP contribution is -2.42. The van der Waals surface area contributed by atoms with Crippen LogP contribution in [0.25, 0.3) is 0 Å². The molecule has 2 aliphatic heterocycles. The van der Waals surface area contributed by atoms with Crippen molar-refractivity contribution in [2.45, 2.75) is 57.2 Å². The molecule has 0 radical (unpaired) electrons. The molecule has 0 aliphatic carbocycles. The van der Waals surface area contributed by atoms with Gasteiger partial charge in [0.2, 0.25) is 5.88 Å². The van der Waals surface area contributed by atoms with E-state index in [0.29, 0.717) is 6.42 Å². The van der Waals surface area contributed by atoms with E-state index in [-0.39, 0.29) is 37.2 Å². The minimum atomic E-state index is -4.46. The van der Waals surface area contributed by atoms with Crippen LogP contribution >= 0.6 is 0 Å². The van der Waals surface area contributed by atoms with E-state index >= 15 is 0 Å². The first-order valence-electron chi connectivity index (χ1n) is 10.5. The second kappa shape index (κ2) is 8.63. The number of alkyl halides is 3. The number of methoxy groups -OCH3 is 1. The molecule has 0 bridgehead atoms. The first-order chi connectivity index (χ1) is 15.5. The molecule has 1 aromatic heterocycles. The molecule has 0 saturated heterocycles. The van der Waals surface area contributed by atoms with E-state index in [4.69, 9.17) is 14.2 Å². The van der Waals surface area contributed by atoms with Crippen LogP contribution in [-0.4, -0.2) is 53.3 Å². The van der Waals surface area contributed by atoms with Crippen molar-refractivity contribution in [3.63, 3.8) is 0 Å². The predicted molar refractivity (Wildman–Crippen MR) is 112 cm³/mol. The van der Waals surface area contributed by atoms with Crippen LogP contribution in [0.1, 0.15) is 41.9 Å². The highest BCUT2D eigenvalue weighted by atomic mass is 19.4. The van der Waals surface area contributed by atoms with Gasteiger partial charge in [-0.3, -0.25) is 4.79 Å². The number of nitrogens with one attached hydrogen (secondary N) is 1. The average molecular weight is 463 g/mol. The lowest BCUT2D eigenvalue weighted by Gasteiger charge is -2.26. The number of carbonyl (C=O) groups is 1. The molecule has 10 heteroatoms. The normalized spacial score (nSPS) is 19.8. The van der Waals surface area contributed by atoms with Crippen LogP contribution in [-0.2, 0) is 17.7 Å². The first kappa shape index (κ1) is 23.0. The zero-order valence-corrected chi connectivity index (χ0v) is 18.5. The number of aromatic nitrogens is 2. The van der Waals surface area contributed by atoms with Crippen molar-refractivity contribution in [1.29, 1.82) is 0 Å². The second-order valence-corrected chi connectivity index (χ2v) is 8.50. The van der Waals surface area contributed by atoms with Crippen LogP contribution in [0, 0.1) is 11.8 Å². The number of benzene rings is 1. The average Bonchev–Trinajstić information content (AvgIpc) is 3.20. The van der Waals surface area contributed by atoms with Gasteiger partial charge in [0, 0.05) is 31.7 Å². The Balaban J connectivity index is 1.42. The Hall–Kier alpha value is -3.19. The summed E-state index contributed by atoms with van der Waals surface area (Å²) < 4.78 is 56.1. The van der Waals surface area contributed by atoms with Gasteiger partial charge < -0.3 is 19.5 Å². The molecule has 1 unspecified atom stereocenters. The SMILES string of the molecule is COC(C)(C)C#Cc1ccc2c(c1)C[C@@H](NC(=O)c1cc3n(n1)CCC(C(F)(F)F)O3)CO2. The van der Waals surface area contributed by atoms with E-state index in [2.05, 4.69) is 22.3 Å². The molecule has 3 heterocycles. The van der Waals surface area contributed by atoms with Crippen LogP contribution in [0.2, 0.25) is 0 Å². The topological polar surface area (TPSA) is 74.6 Å². The van der Waals surface area contributed by atoms with E-state index < -0.39 is 23.8 Å². The van der Waals surface area contributed by atoms with E-state index in [1.54, 1.807) is 7.11 Å². The van der Waals surface area contributed by atoms with Gasteiger partial charge in [0.05, 0.1) is 6.04 Å². The fraction of sp³-hybridized carbons (Fsp3) is 0.478. The summed E-state index contributed by atoms with van der Waals surface area (Å²) in [6, 6.07) is 6.52. The number of rotatable bonds is 3. The molecule has 2 atom stereocenters. The molecule has 1 N–H and O–H groups in total. The Kier molecular flexibility index (Phi) is 6.01. The summed E-state index contributed by atoms with van der Waals surface area (Å²) in [5, 5.41) is 6.93. The molecule has 2 aliphatic rings. The highest BCUT2D eigenvalue weighted by Gasteiger charge is 2.44. The Morgan fingerprint density at radius 2 is 2.09 bits per heavy atom. The number of carbonyl (C=O) groups excluding carboxylic acids is 1. The monoisotopic (exact) mass is 463 g/mol. The van der Waals surface area contributed by atoms with E-state index in [9.17, 15) is 18.0 Å². The van der Waals surface area contributed by atoms with Gasteiger partial charge >= 0.3 is 6.18 Å². The Bertz CT molecular complexity index is 1110. The minimum Gasteiger partial charge on any atom is -0.491 e. The number of hydrogen-bond donors (Lipinski definition) is 1. The highest BCUT2D eigenvalue weighted by Crippen LogP contribution is 2.32. The van der Waals surface area contributed by atoms with Crippen molar-refractivity contribution >= 4 is 5.91 Å². The number of nitrogens with zero attached hydrogens (tertiary/aromatic N) is 2. The summed E-state index contributed by atoms with van der Waals surface area (Å²) in [5.74, 6) is 6.30. The van der Waals surface area contributed by atoms with E-state index in [1.165, 1.54) is 10.7 Å². The number of fused-ring (bicyclic) bond motifs is 2. The largest absolute Gasteiger partial charge is 0.491 e. The summed E-state index contributed by atoms with van der Waals surface area (Å²) in [6.45, 7) is 4.03. The molecular formula is C23H24F3N3O4. The number of halogens is 3. The summed E-state index contributed by atoms with van der Waals surface area (Å²) in [4.78, 5) is 12.7. The quantitative estimate of drug-likeness (QED) is 0.709.